The highest BCUT2D eigenvalue weighted by Crippen LogP contribution is 2.45. The topological polar surface area (TPSA) is 92.6 Å². The number of halogens is 1. The summed E-state index contributed by atoms with van der Waals surface area (Å²) >= 11 is 0. The number of aromatic nitrogens is 3. The van der Waals surface area contributed by atoms with Gasteiger partial charge in [0.2, 0.25) is 5.88 Å². The molecule has 0 unspecified atom stereocenters. The van der Waals surface area contributed by atoms with E-state index in [-0.39, 0.29) is 24.0 Å². The number of aryl methyl sites for hydroxylation is 2. The van der Waals surface area contributed by atoms with Crippen molar-refractivity contribution in [3.05, 3.63) is 53.0 Å². The molecule has 0 saturated carbocycles. The van der Waals surface area contributed by atoms with Crippen LogP contribution in [0.2, 0.25) is 0 Å². The molecule has 1 aromatic carbocycles. The average Bonchev–Trinajstić information content (AvgIpc) is 3.22. The summed E-state index contributed by atoms with van der Waals surface area (Å²) in [5, 5.41) is 21.8. The number of nitrogens with zero attached hydrogens (tertiary/aromatic N) is 4. The summed E-state index contributed by atoms with van der Waals surface area (Å²) in [6.07, 6.45) is 1.66. The molecule has 0 aliphatic carbocycles. The zero-order valence-electron chi connectivity index (χ0n) is 20.4. The van der Waals surface area contributed by atoms with Crippen molar-refractivity contribution >= 4 is 11.5 Å². The summed E-state index contributed by atoms with van der Waals surface area (Å²) < 4.78 is 26.0. The van der Waals surface area contributed by atoms with Gasteiger partial charge in [-0.15, -0.1) is 10.2 Å². The largest absolute Gasteiger partial charge is 0.493 e. The van der Waals surface area contributed by atoms with Crippen LogP contribution in [0.4, 0.5) is 15.9 Å². The van der Waals surface area contributed by atoms with Gasteiger partial charge in [-0.25, -0.2) is 9.37 Å². The highest BCUT2D eigenvalue weighted by Gasteiger charge is 2.49. The van der Waals surface area contributed by atoms with E-state index < -0.39 is 5.82 Å². The Hall–Kier alpha value is -3.46. The van der Waals surface area contributed by atoms with Gasteiger partial charge in [0.25, 0.3) is 0 Å². The predicted molar refractivity (Wildman–Crippen MR) is 132 cm³/mol. The van der Waals surface area contributed by atoms with E-state index >= 15 is 0 Å². The first-order valence-corrected chi connectivity index (χ1v) is 11.9. The van der Waals surface area contributed by atoms with Gasteiger partial charge >= 0.3 is 0 Å². The molecule has 0 bridgehead atoms. The lowest BCUT2D eigenvalue weighted by Crippen LogP contribution is -2.52. The third kappa shape index (κ3) is 3.93. The smallest absolute Gasteiger partial charge is 0.214 e. The van der Waals surface area contributed by atoms with Crippen LogP contribution in [0.3, 0.4) is 0 Å². The Morgan fingerprint density at radius 2 is 2.09 bits per heavy atom. The van der Waals surface area contributed by atoms with Gasteiger partial charge in [-0.3, -0.25) is 0 Å². The van der Waals surface area contributed by atoms with Crippen molar-refractivity contribution in [2.45, 2.75) is 51.9 Å². The lowest BCUT2D eigenvalue weighted by Gasteiger charge is -2.43. The highest BCUT2D eigenvalue weighted by molar-refractivity contribution is 5.77. The van der Waals surface area contributed by atoms with Crippen LogP contribution in [-0.4, -0.2) is 52.1 Å². The third-order valence-corrected chi connectivity index (χ3v) is 7.30. The summed E-state index contributed by atoms with van der Waals surface area (Å²) in [5.41, 5.74) is 4.44. The monoisotopic (exact) mass is 479 g/mol. The number of benzene rings is 1. The van der Waals surface area contributed by atoms with Gasteiger partial charge in [0.15, 0.2) is 17.4 Å². The van der Waals surface area contributed by atoms with Gasteiger partial charge in [-0.2, -0.15) is 0 Å². The van der Waals surface area contributed by atoms with E-state index in [1.165, 1.54) is 13.2 Å². The number of aliphatic hydroxyl groups excluding tert-OH is 1. The van der Waals surface area contributed by atoms with Gasteiger partial charge in [-0.05, 0) is 44.0 Å². The van der Waals surface area contributed by atoms with Crippen LogP contribution in [0.15, 0.2) is 30.3 Å². The molecule has 1 fully saturated rings. The van der Waals surface area contributed by atoms with Crippen LogP contribution < -0.4 is 19.7 Å². The van der Waals surface area contributed by atoms with E-state index in [4.69, 9.17) is 9.47 Å². The fraction of sp³-hybridized carbons (Fsp3) is 0.423. The van der Waals surface area contributed by atoms with Gasteiger partial charge < -0.3 is 24.8 Å². The quantitative estimate of drug-likeness (QED) is 0.548. The maximum Gasteiger partial charge on any atom is 0.214 e. The normalized spacial score (nSPS) is 20.7. The summed E-state index contributed by atoms with van der Waals surface area (Å²) in [4.78, 5) is 6.91. The lowest BCUT2D eigenvalue weighted by atomic mass is 9.90. The maximum atomic E-state index is 14.3. The summed E-state index contributed by atoms with van der Waals surface area (Å²) in [6, 6.07) is 8.62. The molecule has 2 aromatic heterocycles. The molecule has 9 heteroatoms. The number of methoxy groups -OCH3 is 1. The summed E-state index contributed by atoms with van der Waals surface area (Å²) in [5.74, 6) is 0.981. The van der Waals surface area contributed by atoms with Crippen molar-refractivity contribution in [3.63, 3.8) is 0 Å². The molecule has 2 atom stereocenters. The minimum absolute atomic E-state index is 0.0387. The second kappa shape index (κ2) is 8.96. The Labute approximate surface area is 204 Å². The van der Waals surface area contributed by atoms with E-state index in [0.29, 0.717) is 29.5 Å². The molecule has 0 spiro atoms. The van der Waals surface area contributed by atoms with Gasteiger partial charge in [0, 0.05) is 35.9 Å². The van der Waals surface area contributed by atoms with Crippen molar-refractivity contribution in [3.8, 4) is 22.9 Å². The zero-order valence-corrected chi connectivity index (χ0v) is 20.4. The molecule has 184 valence electrons. The first-order valence-electron chi connectivity index (χ1n) is 11.9. The molecule has 8 nitrogen and oxygen atoms in total. The van der Waals surface area contributed by atoms with Crippen molar-refractivity contribution in [2.75, 3.05) is 30.4 Å². The molecule has 0 radical (unpaired) electrons. The Morgan fingerprint density at radius 3 is 2.80 bits per heavy atom. The standard InChI is InChI=1S/C26H30FN5O3/c1-5-26-11-17(35-23-9-15(2)19(13-33)16(3)29-23)12-32(26)22-10-21(30-31-25(22)28-14-26)18-7-6-8-20(27)24(18)34-4/h6-10,17,33H,5,11-14H2,1-4H3,(H,28,31)/t17-,26-/m1/s1. The third-order valence-electron chi connectivity index (χ3n) is 7.30. The first-order chi connectivity index (χ1) is 16.9. The van der Waals surface area contributed by atoms with Crippen LogP contribution in [0.1, 0.15) is 36.6 Å². The number of fused-ring (bicyclic) bond motifs is 3. The highest BCUT2D eigenvalue weighted by atomic mass is 19.1. The number of pyridine rings is 1. The number of hydrogen-bond acceptors (Lipinski definition) is 8. The second-order valence-electron chi connectivity index (χ2n) is 9.27. The molecule has 2 N–H and O–H groups in total. The van der Waals surface area contributed by atoms with E-state index in [1.807, 2.05) is 26.0 Å². The Kier molecular flexibility index (Phi) is 5.96. The number of hydrogen-bond donors (Lipinski definition) is 2. The first kappa shape index (κ1) is 23.3. The van der Waals surface area contributed by atoms with E-state index in [1.54, 1.807) is 12.1 Å². The fourth-order valence-electron chi connectivity index (χ4n) is 5.36. The minimum atomic E-state index is -0.439. The van der Waals surface area contributed by atoms with Crippen molar-refractivity contribution in [2.24, 2.45) is 0 Å². The van der Waals surface area contributed by atoms with Gasteiger partial charge in [0.05, 0.1) is 37.2 Å². The molecule has 3 aromatic rings. The molecule has 4 heterocycles. The average molecular weight is 480 g/mol. The van der Waals surface area contributed by atoms with Crippen LogP contribution in [0.5, 0.6) is 11.6 Å². The number of aliphatic hydroxyl groups is 1. The number of rotatable bonds is 6. The van der Waals surface area contributed by atoms with E-state index in [9.17, 15) is 9.50 Å². The van der Waals surface area contributed by atoms with Crippen LogP contribution >= 0.6 is 0 Å². The maximum absolute atomic E-state index is 14.3. The zero-order chi connectivity index (χ0) is 24.7. The SMILES string of the molecule is CC[C@@]12CNc3nnc(-c4cccc(F)c4OC)cc3N1C[C@H](Oc1cc(C)c(CO)c(C)n1)C2. The lowest BCUT2D eigenvalue weighted by molar-refractivity contribution is 0.201. The van der Waals surface area contributed by atoms with Gasteiger partial charge in [-0.1, -0.05) is 13.0 Å². The number of anilines is 2. The number of ether oxygens (including phenoxy) is 2. The van der Waals surface area contributed by atoms with Crippen LogP contribution in [-0.2, 0) is 6.61 Å². The number of para-hydroxylation sites is 1. The predicted octanol–water partition coefficient (Wildman–Crippen LogP) is 4.03. The molecule has 5 rings (SSSR count). The fourth-order valence-corrected chi connectivity index (χ4v) is 5.36. The Balaban J connectivity index is 1.48. The molecule has 1 saturated heterocycles. The molecular formula is C26H30FN5O3. The van der Waals surface area contributed by atoms with E-state index in [2.05, 4.69) is 32.3 Å². The molecule has 0 amide bonds. The van der Waals surface area contributed by atoms with Crippen molar-refractivity contribution in [1.29, 1.82) is 0 Å². The molecule has 2 aliphatic heterocycles. The summed E-state index contributed by atoms with van der Waals surface area (Å²) in [6.45, 7) is 7.37. The molecule has 35 heavy (non-hydrogen) atoms. The Morgan fingerprint density at radius 1 is 1.26 bits per heavy atom. The summed E-state index contributed by atoms with van der Waals surface area (Å²) in [7, 11) is 1.45. The Bertz CT molecular complexity index is 1250. The van der Waals surface area contributed by atoms with Crippen molar-refractivity contribution in [1.82, 2.24) is 15.2 Å². The van der Waals surface area contributed by atoms with Crippen molar-refractivity contribution < 1.29 is 19.0 Å². The second-order valence-corrected chi connectivity index (χ2v) is 9.27. The minimum Gasteiger partial charge on any atom is -0.493 e. The van der Waals surface area contributed by atoms with Crippen LogP contribution in [0, 0.1) is 19.7 Å². The number of nitrogens with one attached hydrogen (secondary N) is 1. The molecule has 2 aliphatic rings. The van der Waals surface area contributed by atoms with Crippen LogP contribution in [0.25, 0.3) is 11.3 Å². The van der Waals surface area contributed by atoms with E-state index in [0.717, 1.165) is 41.9 Å². The van der Waals surface area contributed by atoms with Gasteiger partial charge in [0.1, 0.15) is 6.10 Å². The molecular weight excluding hydrogens is 449 g/mol.